The normalized spacial score (nSPS) is 14.6. The first-order chi connectivity index (χ1) is 16.8. The molecular formula is C30H33N3O. The summed E-state index contributed by atoms with van der Waals surface area (Å²) in [6, 6.07) is 30.0. The van der Waals surface area contributed by atoms with E-state index in [1.165, 1.54) is 21.9 Å². The molecule has 34 heavy (non-hydrogen) atoms. The predicted molar refractivity (Wildman–Crippen MR) is 141 cm³/mol. The molecule has 0 aliphatic carbocycles. The maximum atomic E-state index is 5.86. The Kier molecular flexibility index (Phi) is 7.18. The third-order valence-corrected chi connectivity index (χ3v) is 6.74. The molecule has 1 fully saturated rings. The van der Waals surface area contributed by atoms with Gasteiger partial charge in [-0.3, -0.25) is 0 Å². The second-order valence-electron chi connectivity index (χ2n) is 8.96. The SMILES string of the molecule is CCN1CCN(c2nc(-c3ccc(CCOCc4ccccc4)cc3)cc3ccccc23)CC1. The maximum absolute atomic E-state index is 5.86. The quantitative estimate of drug-likeness (QED) is 0.317. The summed E-state index contributed by atoms with van der Waals surface area (Å²) in [6.45, 7) is 8.97. The van der Waals surface area contributed by atoms with Crippen LogP contribution >= 0.6 is 0 Å². The Hall–Kier alpha value is -3.21. The number of hydrogen-bond donors (Lipinski definition) is 0. The van der Waals surface area contributed by atoms with Gasteiger partial charge in [0.05, 0.1) is 18.9 Å². The Morgan fingerprint density at radius 2 is 1.53 bits per heavy atom. The number of rotatable bonds is 8. The molecule has 174 valence electrons. The number of benzene rings is 3. The largest absolute Gasteiger partial charge is 0.376 e. The second kappa shape index (κ2) is 10.8. The van der Waals surface area contributed by atoms with E-state index in [0.29, 0.717) is 6.61 Å². The molecule has 0 N–H and O–H groups in total. The maximum Gasteiger partial charge on any atom is 0.137 e. The fourth-order valence-electron chi connectivity index (χ4n) is 4.64. The average Bonchev–Trinajstić information content (AvgIpc) is 2.91. The number of anilines is 1. The first-order valence-corrected chi connectivity index (χ1v) is 12.4. The van der Waals surface area contributed by atoms with Gasteiger partial charge in [0.15, 0.2) is 0 Å². The minimum Gasteiger partial charge on any atom is -0.376 e. The van der Waals surface area contributed by atoms with Crippen molar-refractivity contribution >= 4 is 16.6 Å². The van der Waals surface area contributed by atoms with Gasteiger partial charge < -0.3 is 14.5 Å². The summed E-state index contributed by atoms with van der Waals surface area (Å²) >= 11 is 0. The molecule has 2 heterocycles. The first kappa shape index (κ1) is 22.6. The number of likely N-dealkylation sites (N-methyl/N-ethyl adjacent to an activating group) is 1. The molecule has 0 unspecified atom stereocenters. The van der Waals surface area contributed by atoms with Crippen LogP contribution in [0.3, 0.4) is 0 Å². The van der Waals surface area contributed by atoms with Crippen molar-refractivity contribution in [1.29, 1.82) is 0 Å². The van der Waals surface area contributed by atoms with E-state index in [1.807, 2.05) is 6.07 Å². The van der Waals surface area contributed by atoms with Gasteiger partial charge in [-0.25, -0.2) is 4.98 Å². The average molecular weight is 452 g/mol. The lowest BCUT2D eigenvalue weighted by atomic mass is 10.0. The molecule has 1 aliphatic rings. The van der Waals surface area contributed by atoms with Crippen LogP contribution in [0.2, 0.25) is 0 Å². The molecule has 1 aromatic heterocycles. The third-order valence-electron chi connectivity index (χ3n) is 6.74. The van der Waals surface area contributed by atoms with Crippen LogP contribution in [0.25, 0.3) is 22.0 Å². The zero-order valence-electron chi connectivity index (χ0n) is 20.0. The van der Waals surface area contributed by atoms with Gasteiger partial charge in [-0.15, -0.1) is 0 Å². The Morgan fingerprint density at radius 1 is 0.794 bits per heavy atom. The molecule has 5 rings (SSSR count). The zero-order chi connectivity index (χ0) is 23.2. The fourth-order valence-corrected chi connectivity index (χ4v) is 4.64. The van der Waals surface area contributed by atoms with Gasteiger partial charge in [0.25, 0.3) is 0 Å². The number of pyridine rings is 1. The number of hydrogen-bond acceptors (Lipinski definition) is 4. The van der Waals surface area contributed by atoms with Crippen molar-refractivity contribution in [1.82, 2.24) is 9.88 Å². The van der Waals surface area contributed by atoms with Crippen molar-refractivity contribution in [2.45, 2.75) is 20.0 Å². The highest BCUT2D eigenvalue weighted by Crippen LogP contribution is 2.31. The lowest BCUT2D eigenvalue weighted by molar-refractivity contribution is 0.124. The first-order valence-electron chi connectivity index (χ1n) is 12.4. The van der Waals surface area contributed by atoms with Crippen LogP contribution in [0.5, 0.6) is 0 Å². The number of piperazine rings is 1. The highest BCUT2D eigenvalue weighted by atomic mass is 16.5. The van der Waals surface area contributed by atoms with Gasteiger partial charge in [0.2, 0.25) is 0 Å². The summed E-state index contributed by atoms with van der Waals surface area (Å²) in [4.78, 5) is 10.1. The summed E-state index contributed by atoms with van der Waals surface area (Å²) in [5.41, 5.74) is 4.70. The van der Waals surface area contributed by atoms with E-state index in [2.05, 4.69) is 95.6 Å². The summed E-state index contributed by atoms with van der Waals surface area (Å²) in [7, 11) is 0. The molecule has 4 nitrogen and oxygen atoms in total. The minimum atomic E-state index is 0.662. The van der Waals surface area contributed by atoms with E-state index in [4.69, 9.17) is 9.72 Å². The Labute approximate surface area is 202 Å². The molecule has 0 atom stereocenters. The van der Waals surface area contributed by atoms with Gasteiger partial charge in [0.1, 0.15) is 5.82 Å². The van der Waals surface area contributed by atoms with Crippen molar-refractivity contribution < 1.29 is 4.74 Å². The summed E-state index contributed by atoms with van der Waals surface area (Å²) in [5.74, 6) is 1.11. The summed E-state index contributed by atoms with van der Waals surface area (Å²) < 4.78 is 5.86. The molecule has 0 saturated carbocycles. The van der Waals surface area contributed by atoms with Gasteiger partial charge in [0, 0.05) is 37.1 Å². The molecule has 0 amide bonds. The molecule has 1 saturated heterocycles. The second-order valence-corrected chi connectivity index (χ2v) is 8.96. The fraction of sp³-hybridized carbons (Fsp3) is 0.300. The van der Waals surface area contributed by atoms with Crippen molar-refractivity contribution in [3.8, 4) is 11.3 Å². The molecule has 4 heteroatoms. The van der Waals surface area contributed by atoms with Crippen molar-refractivity contribution in [3.05, 3.63) is 96.1 Å². The van der Waals surface area contributed by atoms with Gasteiger partial charge in [-0.05, 0) is 35.5 Å². The van der Waals surface area contributed by atoms with E-state index < -0.39 is 0 Å². The van der Waals surface area contributed by atoms with E-state index in [9.17, 15) is 0 Å². The standard InChI is InChI=1S/C30H33N3O/c1-2-32-17-19-33(20-18-32)30-28-11-7-6-10-27(28)22-29(31-30)26-14-12-24(13-15-26)16-21-34-23-25-8-4-3-5-9-25/h3-15,22H,2,16-21,23H2,1H3. The van der Waals surface area contributed by atoms with Gasteiger partial charge >= 0.3 is 0 Å². The van der Waals surface area contributed by atoms with E-state index in [1.54, 1.807) is 0 Å². The number of ether oxygens (including phenoxy) is 1. The molecular weight excluding hydrogens is 418 g/mol. The van der Waals surface area contributed by atoms with Crippen LogP contribution in [0, 0.1) is 0 Å². The monoisotopic (exact) mass is 451 g/mol. The predicted octanol–water partition coefficient (Wildman–Crippen LogP) is 5.80. The van der Waals surface area contributed by atoms with Gasteiger partial charge in [-0.2, -0.15) is 0 Å². The molecule has 0 bridgehead atoms. The Balaban J connectivity index is 1.30. The molecule has 4 aromatic rings. The Morgan fingerprint density at radius 3 is 2.29 bits per heavy atom. The summed E-state index contributed by atoms with van der Waals surface area (Å²) in [6.07, 6.45) is 0.908. The van der Waals surface area contributed by atoms with E-state index in [-0.39, 0.29) is 0 Å². The molecule has 1 aliphatic heterocycles. The lowest BCUT2D eigenvalue weighted by Crippen LogP contribution is -2.46. The smallest absolute Gasteiger partial charge is 0.137 e. The van der Waals surface area contributed by atoms with Crippen LogP contribution in [0.4, 0.5) is 5.82 Å². The highest BCUT2D eigenvalue weighted by molar-refractivity contribution is 5.95. The van der Waals surface area contributed by atoms with Crippen LogP contribution < -0.4 is 4.90 Å². The number of nitrogens with zero attached hydrogens (tertiary/aromatic N) is 3. The number of aromatic nitrogens is 1. The van der Waals surface area contributed by atoms with E-state index >= 15 is 0 Å². The minimum absolute atomic E-state index is 0.662. The van der Waals surface area contributed by atoms with Crippen molar-refractivity contribution in [3.63, 3.8) is 0 Å². The van der Waals surface area contributed by atoms with Gasteiger partial charge in [-0.1, -0.05) is 85.8 Å². The molecule has 0 radical (unpaired) electrons. The third kappa shape index (κ3) is 5.30. The van der Waals surface area contributed by atoms with Crippen molar-refractivity contribution in [2.75, 3.05) is 44.2 Å². The zero-order valence-corrected chi connectivity index (χ0v) is 20.0. The molecule has 3 aromatic carbocycles. The summed E-state index contributed by atoms with van der Waals surface area (Å²) in [5, 5.41) is 2.49. The highest BCUT2D eigenvalue weighted by Gasteiger charge is 2.19. The van der Waals surface area contributed by atoms with Crippen LogP contribution in [-0.4, -0.2) is 49.2 Å². The Bertz CT molecular complexity index is 1200. The number of fused-ring (bicyclic) bond motifs is 1. The van der Waals surface area contributed by atoms with Crippen LogP contribution in [0.1, 0.15) is 18.1 Å². The van der Waals surface area contributed by atoms with E-state index in [0.717, 1.165) is 62.8 Å². The van der Waals surface area contributed by atoms with Crippen molar-refractivity contribution in [2.24, 2.45) is 0 Å². The topological polar surface area (TPSA) is 28.6 Å². The van der Waals surface area contributed by atoms with Crippen LogP contribution in [-0.2, 0) is 17.8 Å². The van der Waals surface area contributed by atoms with Crippen LogP contribution in [0.15, 0.2) is 84.9 Å². The lowest BCUT2D eigenvalue weighted by Gasteiger charge is -2.35. The molecule has 0 spiro atoms.